The first-order chi connectivity index (χ1) is 14.1. The Kier molecular flexibility index (Phi) is 9.50. The Bertz CT molecular complexity index is 766. The molecule has 2 aromatic rings. The van der Waals surface area contributed by atoms with Crippen molar-refractivity contribution in [3.63, 3.8) is 0 Å². The third kappa shape index (κ3) is 7.42. The monoisotopic (exact) mass is 419 g/mol. The van der Waals surface area contributed by atoms with E-state index in [0.29, 0.717) is 36.2 Å². The van der Waals surface area contributed by atoms with Crippen molar-refractivity contribution < 1.29 is 23.7 Å². The summed E-state index contributed by atoms with van der Waals surface area (Å²) in [6.07, 6.45) is 0.979. The maximum absolute atomic E-state index is 12.4. The van der Waals surface area contributed by atoms with Crippen LogP contribution in [0.3, 0.4) is 0 Å². The fraction of sp³-hybridized carbons (Fsp3) is 0.409. The van der Waals surface area contributed by atoms with Gasteiger partial charge in [-0.1, -0.05) is 6.92 Å². The standard InChI is InChI=1S/C22H29NO5S/c1-5-12-27-18-7-9-19(10-8-18)28-13-14-29-16(2)22(24)23-17-6-11-20(25-3)21(15-17)26-4/h6-11,15-16H,5,12-14H2,1-4H3,(H,23,24). The summed E-state index contributed by atoms with van der Waals surface area (Å²) in [6, 6.07) is 12.9. The molecule has 0 radical (unpaired) electrons. The van der Waals surface area contributed by atoms with Crippen LogP contribution >= 0.6 is 11.8 Å². The van der Waals surface area contributed by atoms with Gasteiger partial charge in [0.25, 0.3) is 0 Å². The summed E-state index contributed by atoms with van der Waals surface area (Å²) in [5, 5.41) is 2.69. The summed E-state index contributed by atoms with van der Waals surface area (Å²) in [6.45, 7) is 5.18. The van der Waals surface area contributed by atoms with Gasteiger partial charge in [-0.15, -0.1) is 11.8 Å². The third-order valence-corrected chi connectivity index (χ3v) is 5.15. The molecule has 0 aliphatic rings. The van der Waals surface area contributed by atoms with Gasteiger partial charge in [-0.05, 0) is 49.7 Å². The minimum Gasteiger partial charge on any atom is -0.494 e. The summed E-state index contributed by atoms with van der Waals surface area (Å²) in [5.74, 6) is 3.46. The van der Waals surface area contributed by atoms with Crippen molar-refractivity contribution in [3.8, 4) is 23.0 Å². The Morgan fingerprint density at radius 2 is 1.59 bits per heavy atom. The number of anilines is 1. The van der Waals surface area contributed by atoms with Crippen LogP contribution in [0.25, 0.3) is 0 Å². The molecule has 0 aliphatic heterocycles. The summed E-state index contributed by atoms with van der Waals surface area (Å²) >= 11 is 1.54. The van der Waals surface area contributed by atoms with Crippen molar-refractivity contribution in [2.75, 3.05) is 38.5 Å². The van der Waals surface area contributed by atoms with Crippen molar-refractivity contribution in [1.82, 2.24) is 0 Å². The highest BCUT2D eigenvalue weighted by Crippen LogP contribution is 2.30. The van der Waals surface area contributed by atoms with Gasteiger partial charge < -0.3 is 24.3 Å². The van der Waals surface area contributed by atoms with Gasteiger partial charge in [-0.25, -0.2) is 0 Å². The predicted octanol–water partition coefficient (Wildman–Crippen LogP) is 4.63. The van der Waals surface area contributed by atoms with E-state index in [-0.39, 0.29) is 11.2 Å². The van der Waals surface area contributed by atoms with Gasteiger partial charge >= 0.3 is 0 Å². The molecule has 1 N–H and O–H groups in total. The molecular weight excluding hydrogens is 390 g/mol. The van der Waals surface area contributed by atoms with E-state index in [1.165, 1.54) is 11.8 Å². The van der Waals surface area contributed by atoms with Crippen LogP contribution in [0.1, 0.15) is 20.3 Å². The number of thioether (sulfide) groups is 1. The molecule has 0 spiro atoms. The molecule has 0 heterocycles. The van der Waals surface area contributed by atoms with E-state index in [9.17, 15) is 4.79 Å². The molecule has 1 amide bonds. The van der Waals surface area contributed by atoms with Gasteiger partial charge in [0, 0.05) is 17.5 Å². The van der Waals surface area contributed by atoms with Crippen molar-refractivity contribution in [3.05, 3.63) is 42.5 Å². The molecule has 0 aliphatic carbocycles. The molecule has 0 aromatic heterocycles. The lowest BCUT2D eigenvalue weighted by atomic mass is 10.2. The molecule has 6 nitrogen and oxygen atoms in total. The highest BCUT2D eigenvalue weighted by Gasteiger charge is 2.14. The zero-order valence-corrected chi connectivity index (χ0v) is 18.2. The fourth-order valence-corrected chi connectivity index (χ4v) is 3.21. The number of hydrogen-bond acceptors (Lipinski definition) is 6. The topological polar surface area (TPSA) is 66.0 Å². The molecule has 1 atom stereocenters. The normalized spacial score (nSPS) is 11.4. The van der Waals surface area contributed by atoms with Crippen LogP contribution in [0, 0.1) is 0 Å². The van der Waals surface area contributed by atoms with Gasteiger partial charge in [-0.2, -0.15) is 0 Å². The smallest absolute Gasteiger partial charge is 0.237 e. The number of benzene rings is 2. The summed E-state index contributed by atoms with van der Waals surface area (Å²) in [5.41, 5.74) is 0.668. The zero-order chi connectivity index (χ0) is 21.1. The molecule has 7 heteroatoms. The Morgan fingerprint density at radius 3 is 2.17 bits per heavy atom. The average molecular weight is 420 g/mol. The first-order valence-corrected chi connectivity index (χ1v) is 10.6. The van der Waals surface area contributed by atoms with E-state index >= 15 is 0 Å². The third-order valence-electron chi connectivity index (χ3n) is 4.04. The van der Waals surface area contributed by atoms with E-state index in [4.69, 9.17) is 18.9 Å². The minimum absolute atomic E-state index is 0.0698. The second kappa shape index (κ2) is 12.1. The molecule has 2 rings (SSSR count). The van der Waals surface area contributed by atoms with Crippen LogP contribution in [-0.4, -0.2) is 44.3 Å². The van der Waals surface area contributed by atoms with Gasteiger partial charge in [-0.3, -0.25) is 4.79 Å². The lowest BCUT2D eigenvalue weighted by Gasteiger charge is -2.14. The van der Waals surface area contributed by atoms with Crippen molar-refractivity contribution in [2.45, 2.75) is 25.5 Å². The van der Waals surface area contributed by atoms with Crippen LogP contribution < -0.4 is 24.3 Å². The number of carbonyl (C=O) groups is 1. The van der Waals surface area contributed by atoms with Crippen LogP contribution in [0.4, 0.5) is 5.69 Å². The van der Waals surface area contributed by atoms with Crippen molar-refractivity contribution in [2.24, 2.45) is 0 Å². The first kappa shape index (κ1) is 22.7. The number of rotatable bonds is 12. The van der Waals surface area contributed by atoms with E-state index in [2.05, 4.69) is 12.2 Å². The Morgan fingerprint density at radius 1 is 0.966 bits per heavy atom. The molecular formula is C22H29NO5S. The fourth-order valence-electron chi connectivity index (χ4n) is 2.47. The molecule has 0 saturated heterocycles. The number of ether oxygens (including phenoxy) is 4. The van der Waals surface area contributed by atoms with E-state index < -0.39 is 0 Å². The number of methoxy groups -OCH3 is 2. The average Bonchev–Trinajstić information content (AvgIpc) is 2.75. The minimum atomic E-state index is -0.212. The number of carbonyl (C=O) groups excluding carboxylic acids is 1. The van der Waals surface area contributed by atoms with Crippen LogP contribution in [-0.2, 0) is 4.79 Å². The lowest BCUT2D eigenvalue weighted by molar-refractivity contribution is -0.115. The number of amides is 1. The molecule has 0 bridgehead atoms. The zero-order valence-electron chi connectivity index (χ0n) is 17.4. The quantitative estimate of drug-likeness (QED) is 0.506. The van der Waals surface area contributed by atoms with E-state index in [1.807, 2.05) is 31.2 Å². The highest BCUT2D eigenvalue weighted by molar-refractivity contribution is 8.00. The number of hydrogen-bond donors (Lipinski definition) is 1. The predicted molar refractivity (Wildman–Crippen MR) is 118 cm³/mol. The Balaban J connectivity index is 1.73. The molecule has 1 unspecified atom stereocenters. The van der Waals surface area contributed by atoms with Crippen molar-refractivity contribution >= 4 is 23.4 Å². The van der Waals surface area contributed by atoms with Gasteiger partial charge in [0.1, 0.15) is 11.5 Å². The summed E-state index contributed by atoms with van der Waals surface area (Å²) < 4.78 is 21.7. The Labute approximate surface area is 176 Å². The van der Waals surface area contributed by atoms with Crippen LogP contribution in [0.5, 0.6) is 23.0 Å². The molecule has 2 aromatic carbocycles. The van der Waals surface area contributed by atoms with E-state index in [1.54, 1.807) is 32.4 Å². The van der Waals surface area contributed by atoms with Crippen molar-refractivity contribution in [1.29, 1.82) is 0 Å². The molecule has 0 fully saturated rings. The summed E-state index contributed by atoms with van der Waals surface area (Å²) in [7, 11) is 3.14. The maximum Gasteiger partial charge on any atom is 0.237 e. The Hall–Kier alpha value is -2.54. The largest absolute Gasteiger partial charge is 0.494 e. The first-order valence-electron chi connectivity index (χ1n) is 9.57. The second-order valence-corrected chi connectivity index (χ2v) is 7.69. The SMILES string of the molecule is CCCOc1ccc(OCCSC(C)C(=O)Nc2ccc(OC)c(OC)c2)cc1. The lowest BCUT2D eigenvalue weighted by Crippen LogP contribution is -2.23. The summed E-state index contributed by atoms with van der Waals surface area (Å²) in [4.78, 5) is 12.4. The van der Waals surface area contributed by atoms with Gasteiger partial charge in [0.15, 0.2) is 11.5 Å². The molecule has 29 heavy (non-hydrogen) atoms. The maximum atomic E-state index is 12.4. The molecule has 158 valence electrons. The van der Waals surface area contributed by atoms with Crippen LogP contribution in [0.15, 0.2) is 42.5 Å². The van der Waals surface area contributed by atoms with Crippen LogP contribution in [0.2, 0.25) is 0 Å². The number of nitrogens with one attached hydrogen (secondary N) is 1. The van der Waals surface area contributed by atoms with Gasteiger partial charge in [0.2, 0.25) is 5.91 Å². The molecule has 0 saturated carbocycles. The van der Waals surface area contributed by atoms with Gasteiger partial charge in [0.05, 0.1) is 32.7 Å². The second-order valence-electron chi connectivity index (χ2n) is 6.24. The van der Waals surface area contributed by atoms with E-state index in [0.717, 1.165) is 17.9 Å². The highest BCUT2D eigenvalue weighted by atomic mass is 32.2.